The number of rotatable bonds is 7. The van der Waals surface area contributed by atoms with E-state index in [9.17, 15) is 10.1 Å². The zero-order chi connectivity index (χ0) is 18.4. The number of aromatic nitrogens is 2. The van der Waals surface area contributed by atoms with Gasteiger partial charge >= 0.3 is 0 Å². The number of carbonyl (C=O) groups is 1. The second-order valence-corrected chi connectivity index (χ2v) is 7.15. The third-order valence-electron chi connectivity index (χ3n) is 4.05. The second-order valence-electron chi connectivity index (χ2n) is 6.21. The van der Waals surface area contributed by atoms with Crippen LogP contribution in [0.1, 0.15) is 27.7 Å². The van der Waals surface area contributed by atoms with E-state index in [1.54, 1.807) is 6.92 Å². The summed E-state index contributed by atoms with van der Waals surface area (Å²) in [7, 11) is 0. The van der Waals surface area contributed by atoms with Crippen molar-refractivity contribution >= 4 is 34.4 Å². The summed E-state index contributed by atoms with van der Waals surface area (Å²) in [4.78, 5) is 21.2. The van der Waals surface area contributed by atoms with E-state index in [0.29, 0.717) is 5.16 Å². The van der Waals surface area contributed by atoms with Crippen LogP contribution >= 0.6 is 11.8 Å². The average molecular weight is 357 g/mol. The van der Waals surface area contributed by atoms with Gasteiger partial charge in [0.1, 0.15) is 11.4 Å². The maximum absolute atomic E-state index is 12.2. The zero-order valence-electron chi connectivity index (χ0n) is 15.0. The lowest BCUT2D eigenvalue weighted by atomic mass is 9.90. The molecule has 1 atom stereocenters. The standard InChI is InChI=1S/C18H23N5OS/c1-5-20-16-13-8-6-7-9-14(13)21-17(22-16)25-10-15(24)23-18(4,11-19)12(2)3/h6-9,12H,5,10H2,1-4H3,(H,23,24)(H,20,21,22). The van der Waals surface area contributed by atoms with Gasteiger partial charge in [-0.2, -0.15) is 5.26 Å². The smallest absolute Gasteiger partial charge is 0.231 e. The van der Waals surface area contributed by atoms with Crippen LogP contribution in [0.4, 0.5) is 5.82 Å². The molecule has 0 spiro atoms. The minimum atomic E-state index is -0.878. The molecule has 0 fully saturated rings. The fraction of sp³-hybridized carbons (Fsp3) is 0.444. The third kappa shape index (κ3) is 4.60. The molecule has 2 N–H and O–H groups in total. The fourth-order valence-electron chi connectivity index (χ4n) is 2.18. The summed E-state index contributed by atoms with van der Waals surface area (Å²) >= 11 is 1.26. The first-order valence-corrected chi connectivity index (χ1v) is 9.24. The highest BCUT2D eigenvalue weighted by Crippen LogP contribution is 2.24. The number of nitrogens with zero attached hydrogens (tertiary/aromatic N) is 3. The predicted octanol–water partition coefficient (Wildman–Crippen LogP) is 3.21. The highest BCUT2D eigenvalue weighted by Gasteiger charge is 2.29. The van der Waals surface area contributed by atoms with Crippen LogP contribution < -0.4 is 10.6 Å². The monoisotopic (exact) mass is 357 g/mol. The summed E-state index contributed by atoms with van der Waals surface area (Å²) in [5, 5.41) is 16.8. The maximum atomic E-state index is 12.2. The first-order chi connectivity index (χ1) is 11.9. The molecular formula is C18H23N5OS. The molecule has 1 aromatic heterocycles. The first-order valence-electron chi connectivity index (χ1n) is 8.25. The second kappa shape index (κ2) is 8.17. The summed E-state index contributed by atoms with van der Waals surface area (Å²) in [5.74, 6) is 0.738. The van der Waals surface area contributed by atoms with E-state index < -0.39 is 5.54 Å². The van der Waals surface area contributed by atoms with Gasteiger partial charge in [0, 0.05) is 11.9 Å². The average Bonchev–Trinajstić information content (AvgIpc) is 2.60. The van der Waals surface area contributed by atoms with Crippen molar-refractivity contribution in [1.29, 1.82) is 5.26 Å². The van der Waals surface area contributed by atoms with E-state index >= 15 is 0 Å². The van der Waals surface area contributed by atoms with Crippen molar-refractivity contribution in [3.63, 3.8) is 0 Å². The molecule has 0 saturated carbocycles. The molecule has 1 unspecified atom stereocenters. The van der Waals surface area contributed by atoms with E-state index in [1.807, 2.05) is 45.0 Å². The van der Waals surface area contributed by atoms with E-state index in [0.717, 1.165) is 23.3 Å². The van der Waals surface area contributed by atoms with Crippen LogP contribution in [-0.2, 0) is 4.79 Å². The number of nitriles is 1. The largest absolute Gasteiger partial charge is 0.370 e. The Morgan fingerprint density at radius 3 is 2.72 bits per heavy atom. The maximum Gasteiger partial charge on any atom is 0.231 e. The number of fused-ring (bicyclic) bond motifs is 1. The number of para-hydroxylation sites is 1. The van der Waals surface area contributed by atoms with Gasteiger partial charge in [0.05, 0.1) is 17.3 Å². The Kier molecular flexibility index (Phi) is 6.21. The van der Waals surface area contributed by atoms with E-state index in [2.05, 4.69) is 26.7 Å². The molecule has 0 radical (unpaired) electrons. The highest BCUT2D eigenvalue weighted by atomic mass is 32.2. The van der Waals surface area contributed by atoms with Crippen LogP contribution in [0.25, 0.3) is 10.9 Å². The van der Waals surface area contributed by atoms with Crippen LogP contribution in [0.2, 0.25) is 0 Å². The molecule has 0 aliphatic heterocycles. The van der Waals surface area contributed by atoms with Gasteiger partial charge in [0.2, 0.25) is 5.91 Å². The van der Waals surface area contributed by atoms with E-state index in [4.69, 9.17) is 0 Å². The van der Waals surface area contributed by atoms with Crippen molar-refractivity contribution in [3.05, 3.63) is 24.3 Å². The summed E-state index contributed by atoms with van der Waals surface area (Å²) in [5.41, 5.74) is -0.0445. The Labute approximate surface area is 152 Å². The molecule has 7 heteroatoms. The molecule has 2 rings (SSSR count). The van der Waals surface area contributed by atoms with Gasteiger partial charge in [-0.15, -0.1) is 0 Å². The third-order valence-corrected chi connectivity index (χ3v) is 4.89. The van der Waals surface area contributed by atoms with Crippen molar-refractivity contribution < 1.29 is 4.79 Å². The van der Waals surface area contributed by atoms with Crippen LogP contribution in [0.15, 0.2) is 29.4 Å². The lowest BCUT2D eigenvalue weighted by Gasteiger charge is -2.27. The van der Waals surface area contributed by atoms with E-state index in [-0.39, 0.29) is 17.6 Å². The summed E-state index contributed by atoms with van der Waals surface area (Å²) in [6.07, 6.45) is 0. The van der Waals surface area contributed by atoms with Gasteiger partial charge in [-0.05, 0) is 31.9 Å². The van der Waals surface area contributed by atoms with E-state index in [1.165, 1.54) is 11.8 Å². The van der Waals surface area contributed by atoms with Crippen molar-refractivity contribution in [1.82, 2.24) is 15.3 Å². The first kappa shape index (κ1) is 19.0. The summed E-state index contributed by atoms with van der Waals surface area (Å²) in [6, 6.07) is 9.94. The van der Waals surface area contributed by atoms with Crippen molar-refractivity contribution in [2.75, 3.05) is 17.6 Å². The lowest BCUT2D eigenvalue weighted by Crippen LogP contribution is -2.49. The van der Waals surface area contributed by atoms with Gasteiger partial charge in [0.15, 0.2) is 5.16 Å². The SMILES string of the molecule is CCNc1nc(SCC(=O)NC(C)(C#N)C(C)C)nc2ccccc12. The van der Waals surface area contributed by atoms with Gasteiger partial charge in [-0.25, -0.2) is 9.97 Å². The highest BCUT2D eigenvalue weighted by molar-refractivity contribution is 7.99. The molecule has 25 heavy (non-hydrogen) atoms. The number of thioether (sulfide) groups is 1. The van der Waals surface area contributed by atoms with Gasteiger partial charge in [-0.1, -0.05) is 37.7 Å². The van der Waals surface area contributed by atoms with Crippen LogP contribution in [0.3, 0.4) is 0 Å². The molecule has 0 bridgehead atoms. The number of hydrogen-bond donors (Lipinski definition) is 2. The van der Waals surface area contributed by atoms with Gasteiger partial charge < -0.3 is 10.6 Å². The zero-order valence-corrected chi connectivity index (χ0v) is 15.8. The Bertz CT molecular complexity index is 802. The van der Waals surface area contributed by atoms with Gasteiger partial charge in [0.25, 0.3) is 0 Å². The fourth-order valence-corrected chi connectivity index (χ4v) is 2.83. The molecule has 0 aliphatic carbocycles. The molecule has 1 heterocycles. The molecule has 6 nitrogen and oxygen atoms in total. The van der Waals surface area contributed by atoms with Crippen molar-refractivity contribution in [2.24, 2.45) is 5.92 Å². The number of carbonyl (C=O) groups excluding carboxylic acids is 1. The minimum Gasteiger partial charge on any atom is -0.370 e. The Balaban J connectivity index is 2.13. The number of benzene rings is 1. The normalized spacial score (nSPS) is 13.3. The predicted molar refractivity (Wildman–Crippen MR) is 101 cm³/mol. The summed E-state index contributed by atoms with van der Waals surface area (Å²) < 4.78 is 0. The minimum absolute atomic E-state index is 0.0173. The molecule has 0 saturated heterocycles. The quantitative estimate of drug-likeness (QED) is 0.584. The molecule has 0 aliphatic rings. The molecular weight excluding hydrogens is 334 g/mol. The number of nitrogens with one attached hydrogen (secondary N) is 2. The van der Waals surface area contributed by atoms with Gasteiger partial charge in [-0.3, -0.25) is 4.79 Å². The number of amides is 1. The van der Waals surface area contributed by atoms with Crippen LogP contribution in [0, 0.1) is 17.2 Å². The Morgan fingerprint density at radius 2 is 2.08 bits per heavy atom. The van der Waals surface area contributed by atoms with Crippen LogP contribution in [-0.4, -0.2) is 33.7 Å². The molecule has 1 aromatic carbocycles. The number of hydrogen-bond acceptors (Lipinski definition) is 6. The molecule has 2 aromatic rings. The number of anilines is 1. The van der Waals surface area contributed by atoms with Crippen molar-refractivity contribution in [2.45, 2.75) is 38.4 Å². The Morgan fingerprint density at radius 1 is 1.36 bits per heavy atom. The molecule has 132 valence electrons. The topological polar surface area (TPSA) is 90.7 Å². The van der Waals surface area contributed by atoms with Crippen LogP contribution in [0.5, 0.6) is 0 Å². The Hall–Kier alpha value is -2.33. The lowest BCUT2D eigenvalue weighted by molar-refractivity contribution is -0.120. The molecule has 1 amide bonds. The summed E-state index contributed by atoms with van der Waals surface area (Å²) in [6.45, 7) is 8.31. The van der Waals surface area contributed by atoms with Crippen molar-refractivity contribution in [3.8, 4) is 6.07 Å².